The van der Waals surface area contributed by atoms with Crippen LogP contribution in [0.5, 0.6) is 5.75 Å². The van der Waals surface area contributed by atoms with Crippen molar-refractivity contribution in [3.05, 3.63) is 45.6 Å². The molecule has 1 aromatic carbocycles. The summed E-state index contributed by atoms with van der Waals surface area (Å²) in [5, 5.41) is 3.02. The molecule has 8 nitrogen and oxygen atoms in total. The molecule has 1 amide bonds. The van der Waals surface area contributed by atoms with E-state index in [1.165, 1.54) is 6.07 Å². The highest BCUT2D eigenvalue weighted by Crippen LogP contribution is 2.27. The standard InChI is InChI=1S/C15H15BrN2O6S/c1-9-5-11(16)6-10(2)15(9)23-8-13(19)18-17-7-12-3-4-14(24-12)25(20,21)22/h3-7H,8H2,1-2H3,(H,18,19)(H,20,21,22)/b17-7-. The Kier molecular flexibility index (Phi) is 5.98. The van der Waals surface area contributed by atoms with Crippen molar-refractivity contribution in [2.45, 2.75) is 18.9 Å². The Morgan fingerprint density at radius 3 is 2.56 bits per heavy atom. The molecule has 0 fully saturated rings. The molecule has 134 valence electrons. The number of nitrogens with one attached hydrogen (secondary N) is 1. The number of hydrogen-bond donors (Lipinski definition) is 2. The molecule has 2 rings (SSSR count). The molecule has 2 N–H and O–H groups in total. The van der Waals surface area contributed by atoms with Crippen molar-refractivity contribution in [3.63, 3.8) is 0 Å². The van der Waals surface area contributed by atoms with Crippen molar-refractivity contribution in [1.29, 1.82) is 0 Å². The third-order valence-corrected chi connectivity index (χ3v) is 4.20. The fourth-order valence-corrected chi connectivity index (χ4v) is 3.13. The van der Waals surface area contributed by atoms with Crippen LogP contribution in [0.3, 0.4) is 0 Å². The van der Waals surface area contributed by atoms with Crippen LogP contribution in [0.25, 0.3) is 0 Å². The van der Waals surface area contributed by atoms with E-state index in [2.05, 4.69) is 26.5 Å². The Morgan fingerprint density at radius 1 is 1.36 bits per heavy atom. The predicted molar refractivity (Wildman–Crippen MR) is 93.4 cm³/mol. The number of nitrogens with zero attached hydrogens (tertiary/aromatic N) is 1. The number of carbonyl (C=O) groups is 1. The zero-order valence-corrected chi connectivity index (χ0v) is 15.7. The van der Waals surface area contributed by atoms with Crippen molar-refractivity contribution in [2.24, 2.45) is 5.10 Å². The van der Waals surface area contributed by atoms with E-state index in [1.807, 2.05) is 26.0 Å². The van der Waals surface area contributed by atoms with E-state index in [9.17, 15) is 13.2 Å². The van der Waals surface area contributed by atoms with Crippen molar-refractivity contribution in [1.82, 2.24) is 5.43 Å². The van der Waals surface area contributed by atoms with E-state index in [1.54, 1.807) is 0 Å². The number of ether oxygens (including phenoxy) is 1. The van der Waals surface area contributed by atoms with Gasteiger partial charge in [-0.15, -0.1) is 0 Å². The number of benzene rings is 1. The Morgan fingerprint density at radius 2 is 2.00 bits per heavy atom. The van der Waals surface area contributed by atoms with Crippen LogP contribution in [0.2, 0.25) is 0 Å². The van der Waals surface area contributed by atoms with Gasteiger partial charge in [-0.1, -0.05) is 15.9 Å². The fourth-order valence-electron chi connectivity index (χ4n) is 2.01. The molecule has 0 saturated carbocycles. The minimum absolute atomic E-state index is 0.0495. The van der Waals surface area contributed by atoms with Crippen LogP contribution in [0, 0.1) is 13.8 Å². The third-order valence-electron chi connectivity index (χ3n) is 3.01. The molecule has 0 unspecified atom stereocenters. The molecular weight excluding hydrogens is 416 g/mol. The number of halogens is 1. The van der Waals surface area contributed by atoms with Gasteiger partial charge in [-0.3, -0.25) is 9.35 Å². The van der Waals surface area contributed by atoms with Gasteiger partial charge in [-0.05, 0) is 49.2 Å². The number of hydrazone groups is 1. The average molecular weight is 431 g/mol. The van der Waals surface area contributed by atoms with Crippen LogP contribution < -0.4 is 10.2 Å². The quantitative estimate of drug-likeness (QED) is 0.412. The maximum Gasteiger partial charge on any atom is 0.328 e. The topological polar surface area (TPSA) is 118 Å². The van der Waals surface area contributed by atoms with Gasteiger partial charge in [-0.25, -0.2) is 5.43 Å². The van der Waals surface area contributed by atoms with E-state index < -0.39 is 21.1 Å². The summed E-state index contributed by atoms with van der Waals surface area (Å²) >= 11 is 3.38. The molecule has 10 heteroatoms. The Bertz CT molecular complexity index is 897. The molecule has 25 heavy (non-hydrogen) atoms. The molecule has 0 saturated heterocycles. The van der Waals surface area contributed by atoms with Gasteiger partial charge in [0.25, 0.3) is 5.91 Å². The lowest BCUT2D eigenvalue weighted by Crippen LogP contribution is -2.25. The minimum atomic E-state index is -4.41. The Balaban J connectivity index is 1.90. The normalized spacial score (nSPS) is 11.7. The number of aryl methyl sites for hydroxylation is 2. The summed E-state index contributed by atoms with van der Waals surface area (Å²) in [6.45, 7) is 3.49. The van der Waals surface area contributed by atoms with Gasteiger partial charge in [0.1, 0.15) is 11.5 Å². The average Bonchev–Trinajstić information content (AvgIpc) is 2.95. The third kappa shape index (κ3) is 5.41. The second-order valence-corrected chi connectivity index (χ2v) is 7.35. The first-order chi connectivity index (χ1) is 11.7. The van der Waals surface area contributed by atoms with Gasteiger partial charge >= 0.3 is 10.1 Å². The van der Waals surface area contributed by atoms with Crippen LogP contribution >= 0.6 is 15.9 Å². The highest BCUT2D eigenvalue weighted by atomic mass is 79.9. The first kappa shape index (κ1) is 19.2. The van der Waals surface area contributed by atoms with Crippen LogP contribution in [-0.2, 0) is 14.9 Å². The zero-order chi connectivity index (χ0) is 18.6. The molecule has 0 aliphatic carbocycles. The van der Waals surface area contributed by atoms with Crippen LogP contribution in [0.15, 0.2) is 43.3 Å². The van der Waals surface area contributed by atoms with E-state index in [0.717, 1.165) is 27.9 Å². The van der Waals surface area contributed by atoms with Gasteiger partial charge < -0.3 is 9.15 Å². The van der Waals surface area contributed by atoms with E-state index in [-0.39, 0.29) is 12.4 Å². The van der Waals surface area contributed by atoms with Crippen molar-refractivity contribution < 1.29 is 26.9 Å². The molecule has 0 spiro atoms. The summed E-state index contributed by atoms with van der Waals surface area (Å²) in [5.41, 5.74) is 4.00. The van der Waals surface area contributed by atoms with Gasteiger partial charge in [0.15, 0.2) is 6.61 Å². The van der Waals surface area contributed by atoms with E-state index in [0.29, 0.717) is 5.75 Å². The second-order valence-electron chi connectivity index (χ2n) is 5.08. The van der Waals surface area contributed by atoms with Gasteiger partial charge in [0, 0.05) is 4.47 Å². The molecular formula is C15H15BrN2O6S. The number of rotatable bonds is 6. The molecule has 1 heterocycles. The molecule has 0 radical (unpaired) electrons. The minimum Gasteiger partial charge on any atom is -0.483 e. The lowest BCUT2D eigenvalue weighted by molar-refractivity contribution is -0.123. The summed E-state index contributed by atoms with van der Waals surface area (Å²) in [6.07, 6.45) is 1.10. The number of hydrogen-bond acceptors (Lipinski definition) is 6. The summed E-state index contributed by atoms with van der Waals surface area (Å²) in [7, 11) is -4.41. The predicted octanol–water partition coefficient (Wildman–Crippen LogP) is 2.43. The van der Waals surface area contributed by atoms with Crippen LogP contribution in [-0.4, -0.2) is 31.7 Å². The van der Waals surface area contributed by atoms with Crippen molar-refractivity contribution in [3.8, 4) is 5.75 Å². The molecule has 0 aliphatic rings. The summed E-state index contributed by atoms with van der Waals surface area (Å²) in [6, 6.07) is 6.11. The summed E-state index contributed by atoms with van der Waals surface area (Å²) in [4.78, 5) is 11.7. The first-order valence-corrected chi connectivity index (χ1v) is 9.19. The molecule has 0 aliphatic heterocycles. The van der Waals surface area contributed by atoms with Gasteiger partial charge in [-0.2, -0.15) is 13.5 Å². The lowest BCUT2D eigenvalue weighted by atomic mass is 10.1. The second kappa shape index (κ2) is 7.81. The fraction of sp³-hybridized carbons (Fsp3) is 0.200. The highest BCUT2D eigenvalue weighted by molar-refractivity contribution is 9.10. The smallest absolute Gasteiger partial charge is 0.328 e. The van der Waals surface area contributed by atoms with Crippen molar-refractivity contribution in [2.75, 3.05) is 6.61 Å². The monoisotopic (exact) mass is 430 g/mol. The SMILES string of the molecule is Cc1cc(Br)cc(C)c1OCC(=O)N/N=C\c1ccc(S(=O)(=O)O)o1. The number of amides is 1. The molecule has 1 aromatic heterocycles. The summed E-state index contributed by atoms with van der Waals surface area (Å²) < 4.78 is 41.7. The van der Waals surface area contributed by atoms with Crippen LogP contribution in [0.1, 0.15) is 16.9 Å². The van der Waals surface area contributed by atoms with Crippen LogP contribution in [0.4, 0.5) is 0 Å². The maximum atomic E-state index is 11.7. The molecule has 0 bridgehead atoms. The summed E-state index contributed by atoms with van der Waals surface area (Å²) in [5.74, 6) is 0.166. The zero-order valence-electron chi connectivity index (χ0n) is 13.3. The lowest BCUT2D eigenvalue weighted by Gasteiger charge is -2.11. The highest BCUT2D eigenvalue weighted by Gasteiger charge is 2.14. The molecule has 2 aromatic rings. The number of furan rings is 1. The Hall–Kier alpha value is -2.17. The number of carbonyl (C=O) groups excluding carboxylic acids is 1. The Labute approximate surface area is 152 Å². The first-order valence-electron chi connectivity index (χ1n) is 6.95. The van der Waals surface area contributed by atoms with Crippen molar-refractivity contribution >= 4 is 38.2 Å². The van der Waals surface area contributed by atoms with Gasteiger partial charge in [0.05, 0.1) is 6.21 Å². The maximum absolute atomic E-state index is 11.7. The van der Waals surface area contributed by atoms with E-state index >= 15 is 0 Å². The van der Waals surface area contributed by atoms with E-state index in [4.69, 9.17) is 13.7 Å². The molecule has 0 atom stereocenters. The van der Waals surface area contributed by atoms with Gasteiger partial charge in [0.2, 0.25) is 5.09 Å². The largest absolute Gasteiger partial charge is 0.483 e.